The Morgan fingerprint density at radius 3 is 2.15 bits per heavy atom. The molecule has 1 fully saturated rings. The van der Waals surface area contributed by atoms with E-state index in [4.69, 9.17) is 11.6 Å². The molecule has 1 N–H and O–H groups in total. The Morgan fingerprint density at radius 2 is 1.66 bits per heavy atom. The summed E-state index contributed by atoms with van der Waals surface area (Å²) in [6, 6.07) is 4.31. The lowest BCUT2D eigenvalue weighted by atomic mass is 9.95. The first-order chi connectivity index (χ1) is 18.6. The second kappa shape index (κ2) is 11.5. The van der Waals surface area contributed by atoms with Crippen LogP contribution < -0.4 is 5.32 Å². The molecule has 41 heavy (non-hydrogen) atoms. The first kappa shape index (κ1) is 32.7. The predicted octanol–water partition coefficient (Wildman–Crippen LogP) is 8.06. The number of likely N-dealkylation sites (N-methyl/N-ethyl adjacent to an activating group) is 1. The molecule has 0 saturated heterocycles. The fraction of sp³-hybridized carbons (Fsp3) is 0.360. The highest BCUT2D eigenvalue weighted by Gasteiger charge is 2.54. The Morgan fingerprint density at radius 1 is 1.05 bits per heavy atom. The van der Waals surface area contributed by atoms with E-state index in [1.165, 1.54) is 0 Å². The predicted molar refractivity (Wildman–Crippen MR) is 132 cm³/mol. The van der Waals surface area contributed by atoms with E-state index >= 15 is 4.39 Å². The average molecular weight is 684 g/mol. The van der Waals surface area contributed by atoms with Gasteiger partial charge in [-0.3, -0.25) is 9.59 Å². The zero-order valence-corrected chi connectivity index (χ0v) is 22.9. The number of amides is 2. The minimum atomic E-state index is -5.30. The Kier molecular flexibility index (Phi) is 9.14. The third-order valence-electron chi connectivity index (χ3n) is 6.09. The highest BCUT2D eigenvalue weighted by molar-refractivity contribution is 9.10. The van der Waals surface area contributed by atoms with Gasteiger partial charge in [0.05, 0.1) is 16.1 Å². The monoisotopic (exact) mass is 682 g/mol. The van der Waals surface area contributed by atoms with Gasteiger partial charge in [-0.05, 0) is 64.7 Å². The molecule has 2 aromatic carbocycles. The van der Waals surface area contributed by atoms with Crippen LogP contribution in [0.5, 0.6) is 0 Å². The van der Waals surface area contributed by atoms with Crippen LogP contribution in [0.25, 0.3) is 5.83 Å². The molecule has 1 atom stereocenters. The molecule has 0 spiro atoms. The van der Waals surface area contributed by atoms with Gasteiger partial charge in [0.25, 0.3) is 5.91 Å². The standard InChI is InChI=1S/C25H18BrClF10N2O2/c1-39(11-23(29,30)31)21(41)22(6-7-22)38-20(40)14-4-2-13(8-16(14)25(35,36)37)19(28)10-15(24(32,33)34)12-3-5-18(27)17(26)9-12/h2-5,8-10,15H,6-7,11H2,1H3,(H,38,40). The zero-order valence-electron chi connectivity index (χ0n) is 20.5. The van der Waals surface area contributed by atoms with Crippen LogP contribution in [0.15, 0.2) is 46.9 Å². The topological polar surface area (TPSA) is 49.4 Å². The highest BCUT2D eigenvalue weighted by atomic mass is 79.9. The van der Waals surface area contributed by atoms with E-state index in [-0.39, 0.29) is 39.4 Å². The summed E-state index contributed by atoms with van der Waals surface area (Å²) >= 11 is 8.73. The van der Waals surface area contributed by atoms with Crippen molar-refractivity contribution >= 4 is 45.2 Å². The van der Waals surface area contributed by atoms with Gasteiger partial charge < -0.3 is 10.2 Å². The van der Waals surface area contributed by atoms with Gasteiger partial charge >= 0.3 is 18.5 Å². The van der Waals surface area contributed by atoms with E-state index in [0.29, 0.717) is 12.1 Å². The summed E-state index contributed by atoms with van der Waals surface area (Å²) in [6.07, 6.45) is -15.3. The number of hydrogen-bond acceptors (Lipinski definition) is 2. The fourth-order valence-electron chi connectivity index (χ4n) is 3.96. The van der Waals surface area contributed by atoms with Crippen molar-refractivity contribution in [3.63, 3.8) is 0 Å². The molecule has 0 radical (unpaired) electrons. The molecule has 2 aromatic rings. The van der Waals surface area contributed by atoms with Crippen molar-refractivity contribution in [3.8, 4) is 0 Å². The molecule has 1 aliphatic carbocycles. The van der Waals surface area contributed by atoms with Crippen LogP contribution in [-0.4, -0.2) is 48.2 Å². The highest BCUT2D eigenvalue weighted by Crippen LogP contribution is 2.42. The van der Waals surface area contributed by atoms with Gasteiger partial charge in [-0.1, -0.05) is 23.7 Å². The summed E-state index contributed by atoms with van der Waals surface area (Å²) < 4.78 is 136. The van der Waals surface area contributed by atoms with Crippen molar-refractivity contribution in [3.05, 3.63) is 74.2 Å². The number of nitrogens with one attached hydrogen (secondary N) is 1. The lowest BCUT2D eigenvalue weighted by Gasteiger charge is -2.25. The van der Waals surface area contributed by atoms with Crippen molar-refractivity contribution in [2.75, 3.05) is 13.6 Å². The first-order valence-corrected chi connectivity index (χ1v) is 12.6. The number of nitrogens with zero attached hydrogens (tertiary/aromatic N) is 1. The lowest BCUT2D eigenvalue weighted by Crippen LogP contribution is -2.51. The fourth-order valence-corrected chi connectivity index (χ4v) is 4.48. The molecule has 1 unspecified atom stereocenters. The average Bonchev–Trinajstić information content (AvgIpc) is 3.61. The Hall–Kier alpha value is -2.81. The molecule has 1 aliphatic rings. The number of allylic oxidation sites excluding steroid dienone is 1. The van der Waals surface area contributed by atoms with Crippen LogP contribution in [-0.2, 0) is 11.0 Å². The number of benzene rings is 2. The number of alkyl halides is 9. The van der Waals surface area contributed by atoms with E-state index in [2.05, 4.69) is 15.9 Å². The van der Waals surface area contributed by atoms with Crippen LogP contribution in [0.1, 0.15) is 45.8 Å². The van der Waals surface area contributed by atoms with Crippen LogP contribution in [0.2, 0.25) is 5.02 Å². The summed E-state index contributed by atoms with van der Waals surface area (Å²) in [5.41, 5.74) is -6.11. The van der Waals surface area contributed by atoms with Gasteiger partial charge in [0, 0.05) is 17.1 Å². The van der Waals surface area contributed by atoms with Gasteiger partial charge in [0.15, 0.2) is 0 Å². The molecule has 0 aliphatic heterocycles. The third-order valence-corrected chi connectivity index (χ3v) is 7.30. The number of hydrogen-bond donors (Lipinski definition) is 1. The van der Waals surface area contributed by atoms with E-state index in [9.17, 15) is 49.1 Å². The molecule has 4 nitrogen and oxygen atoms in total. The Labute approximate surface area is 239 Å². The van der Waals surface area contributed by atoms with Gasteiger partial charge in [-0.25, -0.2) is 4.39 Å². The number of halogens is 12. The van der Waals surface area contributed by atoms with Crippen molar-refractivity contribution in [1.82, 2.24) is 10.2 Å². The van der Waals surface area contributed by atoms with Crippen LogP contribution in [0.3, 0.4) is 0 Å². The molecule has 224 valence electrons. The quantitative estimate of drug-likeness (QED) is 0.301. The summed E-state index contributed by atoms with van der Waals surface area (Å²) in [5, 5.41) is 2.08. The van der Waals surface area contributed by atoms with Crippen molar-refractivity contribution in [2.24, 2.45) is 0 Å². The molecule has 16 heteroatoms. The minimum Gasteiger partial charge on any atom is -0.338 e. The van der Waals surface area contributed by atoms with Crippen molar-refractivity contribution in [1.29, 1.82) is 0 Å². The van der Waals surface area contributed by atoms with E-state index < -0.39 is 76.4 Å². The smallest absolute Gasteiger partial charge is 0.338 e. The molecule has 3 rings (SSSR count). The maximum atomic E-state index is 15.0. The van der Waals surface area contributed by atoms with Crippen LogP contribution >= 0.6 is 27.5 Å². The van der Waals surface area contributed by atoms with Gasteiger partial charge in [0.2, 0.25) is 5.91 Å². The SMILES string of the molecule is CN(CC(F)(F)F)C(=O)C1(NC(=O)c2ccc(C(F)=CC(c3ccc(Cl)c(Br)c3)C(F)(F)F)cc2C(F)(F)F)CC1. The largest absolute Gasteiger partial charge is 0.417 e. The molecule has 0 aromatic heterocycles. The zero-order chi connectivity index (χ0) is 31.1. The molecule has 1 saturated carbocycles. The molecule has 0 heterocycles. The second-order valence-corrected chi connectivity index (χ2v) is 10.5. The lowest BCUT2D eigenvalue weighted by molar-refractivity contribution is -0.160. The van der Waals surface area contributed by atoms with Crippen molar-refractivity contribution in [2.45, 2.75) is 42.8 Å². The normalized spacial score (nSPS) is 16.3. The van der Waals surface area contributed by atoms with Crippen LogP contribution in [0.4, 0.5) is 43.9 Å². The number of carbonyl (C=O) groups is 2. The van der Waals surface area contributed by atoms with E-state index in [1.54, 1.807) is 0 Å². The van der Waals surface area contributed by atoms with Gasteiger partial charge in [-0.2, -0.15) is 39.5 Å². The first-order valence-electron chi connectivity index (χ1n) is 11.4. The molecule has 0 bridgehead atoms. The maximum absolute atomic E-state index is 15.0. The third kappa shape index (κ3) is 7.93. The Balaban J connectivity index is 1.95. The number of rotatable bonds is 7. The van der Waals surface area contributed by atoms with E-state index in [0.717, 1.165) is 25.2 Å². The molecular formula is C25H18BrClF10N2O2. The summed E-state index contributed by atoms with van der Waals surface area (Å²) in [5.74, 6) is -6.92. The Bertz CT molecular complexity index is 1370. The van der Waals surface area contributed by atoms with Crippen LogP contribution in [0, 0.1) is 0 Å². The summed E-state index contributed by atoms with van der Waals surface area (Å²) in [7, 11) is 0.810. The summed E-state index contributed by atoms with van der Waals surface area (Å²) in [6.45, 7) is -1.66. The second-order valence-electron chi connectivity index (χ2n) is 9.28. The van der Waals surface area contributed by atoms with Gasteiger partial charge in [0.1, 0.15) is 23.8 Å². The van der Waals surface area contributed by atoms with Crippen molar-refractivity contribution < 1.29 is 53.5 Å². The summed E-state index contributed by atoms with van der Waals surface area (Å²) in [4.78, 5) is 25.5. The number of carbonyl (C=O) groups excluding carboxylic acids is 2. The maximum Gasteiger partial charge on any atom is 0.417 e. The molecule has 2 amide bonds. The molecular weight excluding hydrogens is 666 g/mol. The van der Waals surface area contributed by atoms with E-state index in [1.807, 2.05) is 5.32 Å². The van der Waals surface area contributed by atoms with Gasteiger partial charge in [-0.15, -0.1) is 0 Å². The minimum absolute atomic E-state index is 0.0597.